The van der Waals surface area contributed by atoms with E-state index in [2.05, 4.69) is 6.58 Å². The fourth-order valence-corrected chi connectivity index (χ4v) is 2.11. The lowest BCUT2D eigenvalue weighted by molar-refractivity contribution is -0.139. The summed E-state index contributed by atoms with van der Waals surface area (Å²) in [6.45, 7) is 3.79. The molecule has 3 rings (SSSR count). The number of para-hydroxylation sites is 1. The summed E-state index contributed by atoms with van der Waals surface area (Å²) in [4.78, 5) is 22.7. The standard InChI is InChI=1S/C15H12O5/c1-9-6-10(19-15(9)17)8-18-13-7-14(16)20-12-5-3-2-4-11(12)13/h2-5,7,10H,1,6,8H2/t10-/m0/s1. The van der Waals surface area contributed by atoms with Crippen molar-refractivity contribution in [3.63, 3.8) is 0 Å². The second-order valence-electron chi connectivity index (χ2n) is 4.57. The second-order valence-corrected chi connectivity index (χ2v) is 4.57. The molecule has 102 valence electrons. The third-order valence-electron chi connectivity index (χ3n) is 3.07. The van der Waals surface area contributed by atoms with Gasteiger partial charge in [-0.3, -0.25) is 0 Å². The molecule has 0 bridgehead atoms. The molecule has 0 unspecified atom stereocenters. The van der Waals surface area contributed by atoms with Gasteiger partial charge in [0.1, 0.15) is 24.0 Å². The third-order valence-corrected chi connectivity index (χ3v) is 3.07. The number of rotatable bonds is 3. The van der Waals surface area contributed by atoms with E-state index in [0.717, 1.165) is 0 Å². The number of fused-ring (bicyclic) bond motifs is 1. The van der Waals surface area contributed by atoms with E-state index in [-0.39, 0.29) is 12.7 Å². The molecule has 2 aromatic rings. The molecular formula is C15H12O5. The highest BCUT2D eigenvalue weighted by atomic mass is 16.6. The minimum Gasteiger partial charge on any atom is -0.489 e. The van der Waals surface area contributed by atoms with Gasteiger partial charge in [0.15, 0.2) is 0 Å². The Bertz CT molecular complexity index is 727. The number of carbonyl (C=O) groups is 1. The van der Waals surface area contributed by atoms with Crippen LogP contribution in [0.25, 0.3) is 11.0 Å². The van der Waals surface area contributed by atoms with Gasteiger partial charge in [-0.2, -0.15) is 0 Å². The lowest BCUT2D eigenvalue weighted by Gasteiger charge is -2.11. The Hall–Kier alpha value is -2.56. The van der Waals surface area contributed by atoms with E-state index in [4.69, 9.17) is 13.9 Å². The molecule has 0 N–H and O–H groups in total. The Morgan fingerprint density at radius 1 is 1.30 bits per heavy atom. The zero-order valence-electron chi connectivity index (χ0n) is 10.6. The third kappa shape index (κ3) is 2.30. The molecule has 1 aliphatic heterocycles. The first kappa shape index (κ1) is 12.5. The Labute approximate surface area is 114 Å². The molecule has 2 heterocycles. The number of carbonyl (C=O) groups excluding carboxylic acids is 1. The van der Waals surface area contributed by atoms with Gasteiger partial charge in [0.2, 0.25) is 0 Å². The van der Waals surface area contributed by atoms with E-state index >= 15 is 0 Å². The van der Waals surface area contributed by atoms with Crippen LogP contribution in [0.1, 0.15) is 6.42 Å². The maximum absolute atomic E-state index is 11.5. The van der Waals surface area contributed by atoms with Gasteiger partial charge in [0, 0.05) is 12.0 Å². The Morgan fingerprint density at radius 3 is 2.85 bits per heavy atom. The normalized spacial score (nSPS) is 18.3. The number of benzene rings is 1. The van der Waals surface area contributed by atoms with Crippen molar-refractivity contribution in [2.45, 2.75) is 12.5 Å². The van der Waals surface area contributed by atoms with Crippen LogP contribution in [0.4, 0.5) is 0 Å². The summed E-state index contributed by atoms with van der Waals surface area (Å²) >= 11 is 0. The molecule has 5 heteroatoms. The van der Waals surface area contributed by atoms with Crippen LogP contribution in [0.3, 0.4) is 0 Å². The van der Waals surface area contributed by atoms with Crippen molar-refractivity contribution in [2.75, 3.05) is 6.61 Å². The highest BCUT2D eigenvalue weighted by Gasteiger charge is 2.27. The monoisotopic (exact) mass is 272 g/mol. The van der Waals surface area contributed by atoms with Gasteiger partial charge in [0.05, 0.1) is 11.5 Å². The summed E-state index contributed by atoms with van der Waals surface area (Å²) in [6, 6.07) is 8.38. The molecule has 20 heavy (non-hydrogen) atoms. The van der Waals surface area contributed by atoms with E-state index < -0.39 is 11.6 Å². The van der Waals surface area contributed by atoms with Crippen molar-refractivity contribution < 1.29 is 18.7 Å². The van der Waals surface area contributed by atoms with E-state index in [1.807, 2.05) is 6.07 Å². The molecule has 0 amide bonds. The summed E-state index contributed by atoms with van der Waals surface area (Å²) in [6.07, 6.45) is 0.0825. The first-order chi connectivity index (χ1) is 9.63. The number of hydrogen-bond acceptors (Lipinski definition) is 5. The van der Waals surface area contributed by atoms with Crippen LogP contribution in [0.5, 0.6) is 5.75 Å². The lowest BCUT2D eigenvalue weighted by Crippen LogP contribution is -2.17. The van der Waals surface area contributed by atoms with Crippen LogP contribution in [-0.4, -0.2) is 18.7 Å². The predicted octanol–water partition coefficient (Wildman–Crippen LogP) is 2.04. The van der Waals surface area contributed by atoms with Crippen molar-refractivity contribution in [3.05, 3.63) is 52.9 Å². The van der Waals surface area contributed by atoms with E-state index in [0.29, 0.717) is 28.7 Å². The molecule has 1 aromatic carbocycles. The Morgan fingerprint density at radius 2 is 2.10 bits per heavy atom. The molecule has 1 aliphatic rings. The lowest BCUT2D eigenvalue weighted by atomic mass is 10.2. The van der Waals surface area contributed by atoms with Gasteiger partial charge < -0.3 is 13.9 Å². The van der Waals surface area contributed by atoms with Gasteiger partial charge in [0.25, 0.3) is 0 Å². The van der Waals surface area contributed by atoms with Crippen molar-refractivity contribution in [1.82, 2.24) is 0 Å². The number of esters is 1. The highest BCUT2D eigenvalue weighted by Crippen LogP contribution is 2.25. The van der Waals surface area contributed by atoms with Crippen LogP contribution in [-0.2, 0) is 9.53 Å². The van der Waals surface area contributed by atoms with Crippen molar-refractivity contribution in [3.8, 4) is 5.75 Å². The quantitative estimate of drug-likeness (QED) is 0.486. The van der Waals surface area contributed by atoms with Crippen molar-refractivity contribution in [2.24, 2.45) is 0 Å². The van der Waals surface area contributed by atoms with E-state index in [1.54, 1.807) is 18.2 Å². The minimum atomic E-state index is -0.480. The molecular weight excluding hydrogens is 260 g/mol. The molecule has 1 atom stereocenters. The molecule has 5 nitrogen and oxygen atoms in total. The van der Waals surface area contributed by atoms with Crippen molar-refractivity contribution >= 4 is 16.9 Å². The largest absolute Gasteiger partial charge is 0.489 e. The maximum Gasteiger partial charge on any atom is 0.339 e. The predicted molar refractivity (Wildman–Crippen MR) is 71.6 cm³/mol. The van der Waals surface area contributed by atoms with Gasteiger partial charge in [-0.1, -0.05) is 18.7 Å². The number of cyclic esters (lactones) is 1. The molecule has 0 spiro atoms. The summed E-state index contributed by atoms with van der Waals surface area (Å²) < 4.78 is 15.7. The summed E-state index contributed by atoms with van der Waals surface area (Å²) in [5, 5.41) is 0.704. The van der Waals surface area contributed by atoms with Crippen LogP contribution in [0.2, 0.25) is 0 Å². The van der Waals surface area contributed by atoms with E-state index in [9.17, 15) is 9.59 Å². The number of hydrogen-bond donors (Lipinski definition) is 0. The summed E-state index contributed by atoms with van der Waals surface area (Å²) in [7, 11) is 0. The fraction of sp³-hybridized carbons (Fsp3) is 0.200. The molecule has 0 aliphatic carbocycles. The number of ether oxygens (including phenoxy) is 2. The summed E-state index contributed by atoms with van der Waals surface area (Å²) in [5.74, 6) is 0.0291. The zero-order valence-corrected chi connectivity index (χ0v) is 10.6. The SMILES string of the molecule is C=C1C[C@@H](COc2cc(=O)oc3ccccc23)OC1=O. The molecule has 1 aromatic heterocycles. The average Bonchev–Trinajstić information content (AvgIpc) is 2.75. The maximum atomic E-state index is 11.5. The summed E-state index contributed by atoms with van der Waals surface area (Å²) in [5.41, 5.74) is 0.422. The van der Waals surface area contributed by atoms with Crippen molar-refractivity contribution in [1.29, 1.82) is 0 Å². The topological polar surface area (TPSA) is 65.7 Å². The van der Waals surface area contributed by atoms with Gasteiger partial charge in [-0.15, -0.1) is 0 Å². The smallest absolute Gasteiger partial charge is 0.339 e. The first-order valence-corrected chi connectivity index (χ1v) is 6.18. The highest BCUT2D eigenvalue weighted by molar-refractivity contribution is 5.90. The van der Waals surface area contributed by atoms with Crippen LogP contribution in [0, 0.1) is 0 Å². The minimum absolute atomic E-state index is 0.179. The Balaban J connectivity index is 1.83. The fourth-order valence-electron chi connectivity index (χ4n) is 2.11. The molecule has 1 fully saturated rings. The first-order valence-electron chi connectivity index (χ1n) is 6.18. The second kappa shape index (κ2) is 4.85. The average molecular weight is 272 g/mol. The zero-order chi connectivity index (χ0) is 14.1. The van der Waals surface area contributed by atoms with Gasteiger partial charge in [-0.25, -0.2) is 9.59 Å². The van der Waals surface area contributed by atoms with Crippen LogP contribution < -0.4 is 10.4 Å². The molecule has 1 saturated heterocycles. The molecule has 0 saturated carbocycles. The van der Waals surface area contributed by atoms with E-state index in [1.165, 1.54) is 6.07 Å². The van der Waals surface area contributed by atoms with Gasteiger partial charge >= 0.3 is 11.6 Å². The van der Waals surface area contributed by atoms with Crippen LogP contribution >= 0.6 is 0 Å². The van der Waals surface area contributed by atoms with Crippen LogP contribution in [0.15, 0.2) is 51.7 Å². The Kier molecular flexibility index (Phi) is 3.02. The van der Waals surface area contributed by atoms with Gasteiger partial charge in [-0.05, 0) is 12.1 Å². The molecule has 0 radical (unpaired) electrons.